The Morgan fingerprint density at radius 1 is 0.687 bits per heavy atom. The zero-order chi connectivity index (χ0) is 50.1. The SMILES string of the molecule is Cc1ccc(-c2nn(C(C)(C)CCC(=NC(=O)OC(C)(C)C)NC(=O)OC(C)(C)C)c3ncnc(N)c23)cc1.Cc1ccc(-c2nn(C(C)(C)CCC(=[NH2+])[NH3+])c3ncnc(N)c23)cc1.ClCCl. The van der Waals surface area contributed by atoms with Crippen molar-refractivity contribution in [2.75, 3.05) is 16.8 Å². The highest BCUT2D eigenvalue weighted by Gasteiger charge is 2.31. The summed E-state index contributed by atoms with van der Waals surface area (Å²) in [6.07, 6.45) is 3.53. The lowest BCUT2D eigenvalue weighted by atomic mass is 9.98. The highest BCUT2D eigenvalue weighted by molar-refractivity contribution is 6.40. The van der Waals surface area contributed by atoms with Gasteiger partial charge in [-0.3, -0.25) is 11.1 Å². The number of hydrogen-bond acceptors (Lipinski definition) is 12. The minimum Gasteiger partial charge on any atom is -0.444 e. The number of fused-ring (bicyclic) bond motifs is 2. The van der Waals surface area contributed by atoms with Crippen LogP contribution >= 0.6 is 23.2 Å². The highest BCUT2D eigenvalue weighted by Crippen LogP contribution is 2.36. The van der Waals surface area contributed by atoms with Gasteiger partial charge in [0.25, 0.3) is 0 Å². The van der Waals surface area contributed by atoms with E-state index in [-0.39, 0.29) is 23.1 Å². The molecule has 67 heavy (non-hydrogen) atoms. The number of ether oxygens (including phenoxy) is 2. The molecular weight excluding hydrogens is 896 g/mol. The zero-order valence-electron chi connectivity index (χ0n) is 40.7. The van der Waals surface area contributed by atoms with Gasteiger partial charge in [-0.15, -0.1) is 23.2 Å². The fourth-order valence-corrected chi connectivity index (χ4v) is 6.69. The van der Waals surface area contributed by atoms with Crippen LogP contribution in [-0.2, 0) is 20.6 Å². The first-order chi connectivity index (χ1) is 31.2. The molecule has 0 aliphatic rings. The molecule has 0 unspecified atom stereocenters. The van der Waals surface area contributed by atoms with Gasteiger partial charge in [-0.1, -0.05) is 59.7 Å². The molecule has 6 aromatic rings. The number of nitrogens with two attached hydrogens (primary N) is 3. The molecule has 0 saturated heterocycles. The Morgan fingerprint density at radius 3 is 1.45 bits per heavy atom. The Kier molecular flexibility index (Phi) is 17.6. The lowest BCUT2D eigenvalue weighted by Crippen LogP contribution is -2.70. The number of aryl methyl sites for hydroxylation is 2. The van der Waals surface area contributed by atoms with Crippen LogP contribution in [-0.4, -0.2) is 79.9 Å². The number of anilines is 2. The van der Waals surface area contributed by atoms with E-state index in [1.54, 1.807) is 46.2 Å². The van der Waals surface area contributed by atoms with E-state index >= 15 is 0 Å². The quantitative estimate of drug-likeness (QED) is 0.0508. The van der Waals surface area contributed by atoms with Crippen molar-refractivity contribution in [3.8, 4) is 22.5 Å². The summed E-state index contributed by atoms with van der Waals surface area (Å²) in [4.78, 5) is 46.3. The summed E-state index contributed by atoms with van der Waals surface area (Å²) in [6.45, 7) is 22.7. The summed E-state index contributed by atoms with van der Waals surface area (Å²) in [5.41, 5.74) is 20.8. The van der Waals surface area contributed by atoms with Gasteiger partial charge in [-0.05, 0) is 95.9 Å². The van der Waals surface area contributed by atoms with Crippen LogP contribution in [0.2, 0.25) is 0 Å². The Morgan fingerprint density at radius 2 is 1.07 bits per heavy atom. The van der Waals surface area contributed by atoms with Gasteiger partial charge in [0.15, 0.2) is 11.3 Å². The van der Waals surface area contributed by atoms with Crippen LogP contribution in [0.15, 0.2) is 66.2 Å². The molecule has 360 valence electrons. The molecule has 0 aliphatic heterocycles. The van der Waals surface area contributed by atoms with Gasteiger partial charge in [0.1, 0.15) is 52.7 Å². The summed E-state index contributed by atoms with van der Waals surface area (Å²) in [6, 6.07) is 16.2. The van der Waals surface area contributed by atoms with Crippen LogP contribution in [0.3, 0.4) is 0 Å². The molecule has 0 aliphatic carbocycles. The second-order valence-electron chi connectivity index (χ2n) is 19.2. The molecule has 0 fully saturated rings. The van der Waals surface area contributed by atoms with E-state index in [0.717, 1.165) is 46.3 Å². The maximum absolute atomic E-state index is 12.5. The second-order valence-corrected chi connectivity index (χ2v) is 20.0. The van der Waals surface area contributed by atoms with Crippen LogP contribution in [0.4, 0.5) is 21.2 Å². The maximum Gasteiger partial charge on any atom is 0.435 e. The number of nitrogens with one attached hydrogen (secondary N) is 1. The van der Waals surface area contributed by atoms with Gasteiger partial charge in [0.05, 0.1) is 33.6 Å². The van der Waals surface area contributed by atoms with Gasteiger partial charge in [0, 0.05) is 17.5 Å². The monoisotopic (exact) mass is 960 g/mol. The minimum absolute atomic E-state index is 0.121. The molecule has 18 nitrogen and oxygen atoms in total. The third kappa shape index (κ3) is 14.9. The molecule has 10 N–H and O–H groups in total. The summed E-state index contributed by atoms with van der Waals surface area (Å²) in [7, 11) is 0. The van der Waals surface area contributed by atoms with Crippen molar-refractivity contribution < 1.29 is 30.2 Å². The normalized spacial score (nSPS) is 12.2. The van der Waals surface area contributed by atoms with E-state index in [2.05, 4.69) is 68.9 Å². The van der Waals surface area contributed by atoms with Gasteiger partial charge < -0.3 is 20.9 Å². The van der Waals surface area contributed by atoms with E-state index in [4.69, 9.17) is 59.7 Å². The highest BCUT2D eigenvalue weighted by atomic mass is 35.5. The number of nitrogen functional groups attached to an aromatic ring is 2. The lowest BCUT2D eigenvalue weighted by Gasteiger charge is -2.26. The van der Waals surface area contributed by atoms with Crippen LogP contribution in [0.25, 0.3) is 44.6 Å². The Balaban J connectivity index is 0.000000299. The summed E-state index contributed by atoms with van der Waals surface area (Å²) >= 11 is 9.53. The summed E-state index contributed by atoms with van der Waals surface area (Å²) < 4.78 is 14.4. The van der Waals surface area contributed by atoms with Crippen molar-refractivity contribution in [2.24, 2.45) is 4.99 Å². The number of amides is 2. The first kappa shape index (κ1) is 53.4. The fourth-order valence-electron chi connectivity index (χ4n) is 6.69. The topological polar surface area (TPSA) is 269 Å². The number of quaternary nitrogens is 1. The van der Waals surface area contributed by atoms with Crippen LogP contribution < -0.4 is 27.9 Å². The molecule has 0 radical (unpaired) electrons. The van der Waals surface area contributed by atoms with Crippen molar-refractivity contribution in [2.45, 2.75) is 131 Å². The molecule has 4 heterocycles. The molecule has 4 aromatic heterocycles. The van der Waals surface area contributed by atoms with E-state index < -0.39 is 28.9 Å². The largest absolute Gasteiger partial charge is 0.444 e. The molecule has 0 spiro atoms. The first-order valence-corrected chi connectivity index (χ1v) is 22.7. The number of alkyl halides is 2. The number of carbonyl (C=O) groups excluding carboxylic acids is 2. The molecule has 20 heteroatoms. The minimum atomic E-state index is -0.807. The van der Waals surface area contributed by atoms with Gasteiger partial charge in [-0.25, -0.2) is 44.3 Å². The van der Waals surface area contributed by atoms with Crippen molar-refractivity contribution in [3.05, 3.63) is 72.3 Å². The molecular formula is C47H66Cl2N14O4+2. The van der Waals surface area contributed by atoms with E-state index in [1.807, 2.05) is 61.9 Å². The van der Waals surface area contributed by atoms with Gasteiger partial charge >= 0.3 is 18.0 Å². The molecule has 2 aromatic carbocycles. The molecule has 0 atom stereocenters. The zero-order valence-corrected chi connectivity index (χ0v) is 42.2. The van der Waals surface area contributed by atoms with Crippen LogP contribution in [0, 0.1) is 13.8 Å². The van der Waals surface area contributed by atoms with Crippen molar-refractivity contribution in [3.63, 3.8) is 0 Å². The summed E-state index contributed by atoms with van der Waals surface area (Å²) in [5.74, 6) is 1.55. The Bertz CT molecular complexity index is 2700. The smallest absolute Gasteiger partial charge is 0.435 e. The second kappa shape index (κ2) is 22.0. The third-order valence-electron chi connectivity index (χ3n) is 10.1. The number of nitrogens with zero attached hydrogens (tertiary/aromatic N) is 9. The number of rotatable bonds is 10. The van der Waals surface area contributed by atoms with Crippen molar-refractivity contribution >= 4 is 80.8 Å². The lowest BCUT2D eigenvalue weighted by molar-refractivity contribution is -0.306. The maximum atomic E-state index is 12.5. The van der Waals surface area contributed by atoms with Gasteiger partial charge in [-0.2, -0.15) is 15.2 Å². The number of aromatic nitrogens is 8. The standard InChI is InChI=1S/C28H39N7O4.C18H23N7.CH2Cl2/c1-17-10-12-18(13-11-17)21-20-22(29)30-16-31-23(20)35(34-21)28(8,9)15-14-19(32-24(36)38-26(2,3)4)33-25(37)39-27(5,6)7;1-11-4-6-12(7-5-11)15-14-16(21)22-10-23-17(14)25(24-15)18(2,3)9-8-13(19)20;2-1-3/h10-13,16H,14-15H2,1-9H3,(H2,29,30,31)(H,32,33,36,37);4-7,10H,8-9H2,1-3H3,(H3,19,20)(H2,21,22,23);1H2/p+2. The van der Waals surface area contributed by atoms with E-state index in [9.17, 15) is 9.59 Å². The van der Waals surface area contributed by atoms with E-state index in [0.29, 0.717) is 40.6 Å². The number of carbonyl (C=O) groups is 2. The summed E-state index contributed by atoms with van der Waals surface area (Å²) in [5, 5.41) is 19.8. The number of halogens is 2. The predicted molar refractivity (Wildman–Crippen MR) is 266 cm³/mol. The fraction of sp³-hybridized carbons (Fsp3) is 0.447. The average molecular weight is 962 g/mol. The average Bonchev–Trinajstić information content (AvgIpc) is 3.82. The molecule has 6 rings (SSSR count). The number of hydrogen-bond donors (Lipinski definition) is 5. The third-order valence-corrected chi connectivity index (χ3v) is 10.1. The Hall–Kier alpha value is -6.24. The Labute approximate surface area is 402 Å². The number of aliphatic imine (C=N–C) groups is 1. The van der Waals surface area contributed by atoms with Crippen LogP contribution in [0.5, 0.6) is 0 Å². The molecule has 0 saturated carbocycles. The van der Waals surface area contributed by atoms with Crippen molar-refractivity contribution in [1.82, 2.24) is 44.8 Å². The van der Waals surface area contributed by atoms with Gasteiger partial charge in [0.2, 0.25) is 0 Å². The molecule has 0 bridgehead atoms. The van der Waals surface area contributed by atoms with Crippen molar-refractivity contribution in [1.29, 1.82) is 0 Å². The predicted octanol–water partition coefficient (Wildman–Crippen LogP) is 7.48. The molecule has 2 amide bonds. The van der Waals surface area contributed by atoms with E-state index in [1.165, 1.54) is 18.2 Å². The van der Waals surface area contributed by atoms with Crippen LogP contribution in [0.1, 0.15) is 106 Å². The first-order valence-electron chi connectivity index (χ1n) is 21.7. The number of benzene rings is 2. The number of amidine groups is 2. The number of alkyl carbamates (subject to hydrolysis) is 1.